The van der Waals surface area contributed by atoms with Crippen LogP contribution in [-0.4, -0.2) is 149 Å². The van der Waals surface area contributed by atoms with Gasteiger partial charge in [-0.3, -0.25) is 4.79 Å². The maximum absolute atomic E-state index is 11.3. The number of carbonyl (C=O) groups excluding carboxylic acids is 1. The van der Waals surface area contributed by atoms with Gasteiger partial charge in [-0.05, 0) is 0 Å². The van der Waals surface area contributed by atoms with Crippen LogP contribution in [0.5, 0.6) is 0 Å². The summed E-state index contributed by atoms with van der Waals surface area (Å²) in [5.41, 5.74) is 0. The molecule has 0 aromatic heterocycles. The number of carboxylic acids is 1. The molecule has 2 N–H and O–H groups in total. The van der Waals surface area contributed by atoms with E-state index in [0.29, 0.717) is 119 Å². The predicted molar refractivity (Wildman–Crippen MR) is 134 cm³/mol. The molecule has 0 aliphatic rings. The van der Waals surface area contributed by atoms with Gasteiger partial charge in [0.05, 0.1) is 112 Å². The Morgan fingerprint density at radius 1 is 0.526 bits per heavy atom. The number of hydrogen-bond donors (Lipinski definition) is 2. The van der Waals surface area contributed by atoms with Gasteiger partial charge < -0.3 is 57.8 Å². The molecule has 0 rings (SSSR count). The fourth-order valence-corrected chi connectivity index (χ4v) is 2.38. The van der Waals surface area contributed by atoms with Crippen LogP contribution >= 0.6 is 0 Å². The second-order valence-electron chi connectivity index (χ2n) is 7.17. The highest BCUT2D eigenvalue weighted by Crippen LogP contribution is 1.86. The molecular formula is C24H45NO13. The molecule has 0 fully saturated rings. The standard InChI is InChI=1S/C24H45NO13/c1-2-29-5-6-31-9-10-33-13-14-35-17-18-37-20-19-36-16-15-34-12-11-32-8-7-30-4-3-25-23(26)21-38-22-24(27)28/h2H,1,3-22H2,(H,25,26)(H,27,28). The number of carbonyl (C=O) groups is 2. The minimum absolute atomic E-state index is 0.298. The lowest BCUT2D eigenvalue weighted by Gasteiger charge is -2.09. The monoisotopic (exact) mass is 555 g/mol. The van der Waals surface area contributed by atoms with Crippen LogP contribution in [-0.2, 0) is 57.0 Å². The molecule has 0 spiro atoms. The van der Waals surface area contributed by atoms with Crippen molar-refractivity contribution in [2.75, 3.05) is 132 Å². The summed E-state index contributed by atoms with van der Waals surface area (Å²) in [5, 5.41) is 10.9. The van der Waals surface area contributed by atoms with Crippen molar-refractivity contribution in [2.24, 2.45) is 0 Å². The molecule has 0 unspecified atom stereocenters. The third-order valence-electron chi connectivity index (χ3n) is 4.09. The van der Waals surface area contributed by atoms with Crippen LogP contribution in [0.4, 0.5) is 0 Å². The normalized spacial score (nSPS) is 10.9. The molecule has 38 heavy (non-hydrogen) atoms. The molecule has 0 aliphatic heterocycles. The highest BCUT2D eigenvalue weighted by Gasteiger charge is 2.03. The predicted octanol–water partition coefficient (Wildman–Crippen LogP) is -0.503. The first-order chi connectivity index (χ1) is 18.7. The van der Waals surface area contributed by atoms with E-state index in [1.807, 2.05) is 0 Å². The van der Waals surface area contributed by atoms with Crippen molar-refractivity contribution in [1.82, 2.24) is 5.32 Å². The molecule has 0 aromatic carbocycles. The van der Waals surface area contributed by atoms with Gasteiger partial charge in [-0.1, -0.05) is 6.58 Å². The van der Waals surface area contributed by atoms with Gasteiger partial charge in [0, 0.05) is 6.54 Å². The van der Waals surface area contributed by atoms with Crippen LogP contribution in [0, 0.1) is 0 Å². The average Bonchev–Trinajstić information content (AvgIpc) is 2.90. The Morgan fingerprint density at radius 2 is 0.868 bits per heavy atom. The van der Waals surface area contributed by atoms with E-state index in [0.717, 1.165) is 0 Å². The number of nitrogens with one attached hydrogen (secondary N) is 1. The van der Waals surface area contributed by atoms with E-state index in [1.165, 1.54) is 6.26 Å². The van der Waals surface area contributed by atoms with Crippen LogP contribution in [0.1, 0.15) is 0 Å². The van der Waals surface area contributed by atoms with E-state index in [9.17, 15) is 9.59 Å². The largest absolute Gasteiger partial charge is 0.499 e. The fraction of sp³-hybridized carbons (Fsp3) is 0.833. The van der Waals surface area contributed by atoms with Gasteiger partial charge in [0.2, 0.25) is 5.91 Å². The molecule has 14 heteroatoms. The molecule has 0 radical (unpaired) electrons. The first-order valence-corrected chi connectivity index (χ1v) is 12.6. The Morgan fingerprint density at radius 3 is 1.21 bits per heavy atom. The van der Waals surface area contributed by atoms with Crippen LogP contribution in [0.15, 0.2) is 12.8 Å². The van der Waals surface area contributed by atoms with Gasteiger partial charge in [0.15, 0.2) is 0 Å². The molecule has 0 bridgehead atoms. The van der Waals surface area contributed by atoms with Crippen LogP contribution in [0.3, 0.4) is 0 Å². The molecule has 0 heterocycles. The van der Waals surface area contributed by atoms with E-state index in [2.05, 4.69) is 16.6 Å². The van der Waals surface area contributed by atoms with Crippen molar-refractivity contribution >= 4 is 11.9 Å². The Labute approximate surface area is 224 Å². The quantitative estimate of drug-likeness (QED) is 0.0809. The van der Waals surface area contributed by atoms with Crippen LogP contribution in [0.25, 0.3) is 0 Å². The fourth-order valence-electron chi connectivity index (χ4n) is 2.38. The van der Waals surface area contributed by atoms with Gasteiger partial charge in [0.25, 0.3) is 0 Å². The molecule has 0 saturated heterocycles. The zero-order valence-electron chi connectivity index (χ0n) is 22.3. The van der Waals surface area contributed by atoms with Crippen molar-refractivity contribution in [3.05, 3.63) is 12.8 Å². The van der Waals surface area contributed by atoms with E-state index < -0.39 is 18.5 Å². The Hall–Kier alpha value is -1.88. The third kappa shape index (κ3) is 32.1. The lowest BCUT2D eigenvalue weighted by atomic mass is 10.6. The summed E-state index contributed by atoms with van der Waals surface area (Å²) in [6, 6.07) is 0. The van der Waals surface area contributed by atoms with Crippen molar-refractivity contribution in [3.63, 3.8) is 0 Å². The van der Waals surface area contributed by atoms with Crippen LogP contribution < -0.4 is 5.32 Å². The lowest BCUT2D eigenvalue weighted by Crippen LogP contribution is -2.31. The summed E-state index contributed by atoms with van der Waals surface area (Å²) < 4.78 is 52.6. The third-order valence-corrected chi connectivity index (χ3v) is 4.09. The summed E-state index contributed by atoms with van der Waals surface area (Å²) >= 11 is 0. The number of hydrogen-bond acceptors (Lipinski definition) is 12. The van der Waals surface area contributed by atoms with Gasteiger partial charge in [0.1, 0.15) is 19.8 Å². The minimum Gasteiger partial charge on any atom is -0.499 e. The van der Waals surface area contributed by atoms with E-state index in [4.69, 9.17) is 47.7 Å². The molecule has 0 saturated carbocycles. The van der Waals surface area contributed by atoms with Crippen LogP contribution in [0.2, 0.25) is 0 Å². The second-order valence-corrected chi connectivity index (χ2v) is 7.17. The Bertz CT molecular complexity index is 539. The first kappa shape index (κ1) is 36.1. The summed E-state index contributed by atoms with van der Waals surface area (Å²) in [6.45, 7) is 10.9. The van der Waals surface area contributed by atoms with Crippen molar-refractivity contribution in [1.29, 1.82) is 0 Å². The highest BCUT2D eigenvalue weighted by atomic mass is 16.6. The van der Waals surface area contributed by atoms with Gasteiger partial charge in [-0.2, -0.15) is 0 Å². The zero-order chi connectivity index (χ0) is 27.8. The highest BCUT2D eigenvalue weighted by molar-refractivity contribution is 5.77. The van der Waals surface area contributed by atoms with Gasteiger partial charge in [-0.25, -0.2) is 4.79 Å². The van der Waals surface area contributed by atoms with Crippen molar-refractivity contribution in [2.45, 2.75) is 0 Å². The Balaban J connectivity index is 3.09. The molecule has 1 amide bonds. The summed E-state index contributed by atoms with van der Waals surface area (Å²) in [6.07, 6.45) is 1.39. The zero-order valence-corrected chi connectivity index (χ0v) is 22.3. The number of aliphatic carboxylic acids is 1. The molecular weight excluding hydrogens is 510 g/mol. The van der Waals surface area contributed by atoms with E-state index >= 15 is 0 Å². The van der Waals surface area contributed by atoms with Crippen molar-refractivity contribution < 1.29 is 62.1 Å². The second kappa shape index (κ2) is 31.3. The number of rotatable bonds is 32. The van der Waals surface area contributed by atoms with E-state index in [1.54, 1.807) is 0 Å². The first-order valence-electron chi connectivity index (χ1n) is 12.6. The smallest absolute Gasteiger partial charge is 0.329 e. The average molecular weight is 556 g/mol. The lowest BCUT2D eigenvalue weighted by molar-refractivity contribution is -0.143. The number of carboxylic acid groups (broad SMARTS) is 1. The van der Waals surface area contributed by atoms with Gasteiger partial charge in [-0.15, -0.1) is 0 Å². The molecule has 224 valence electrons. The summed E-state index contributed by atoms with van der Waals surface area (Å²) in [5.74, 6) is -1.52. The molecule has 0 aliphatic carbocycles. The molecule has 0 aromatic rings. The van der Waals surface area contributed by atoms with Crippen molar-refractivity contribution in [3.8, 4) is 0 Å². The molecule has 0 atom stereocenters. The minimum atomic E-state index is -1.12. The SMILES string of the molecule is C=COCCOCCOCCOCCOCCOCCOCCOCCOCCNC(=O)COCC(=O)O. The summed E-state index contributed by atoms with van der Waals surface area (Å²) in [7, 11) is 0. The topological polar surface area (TPSA) is 159 Å². The van der Waals surface area contributed by atoms with Gasteiger partial charge >= 0.3 is 5.97 Å². The Kier molecular flexibility index (Phi) is 29.8. The molecule has 14 nitrogen and oxygen atoms in total. The summed E-state index contributed by atoms with van der Waals surface area (Å²) in [4.78, 5) is 21.6. The number of amides is 1. The number of ether oxygens (including phenoxy) is 10. The van der Waals surface area contributed by atoms with E-state index in [-0.39, 0.29) is 6.61 Å². The maximum Gasteiger partial charge on any atom is 0.329 e. The maximum atomic E-state index is 11.3.